The molecule has 0 fully saturated rings. The van der Waals surface area contributed by atoms with Crippen LogP contribution in [0, 0.1) is 6.92 Å². The van der Waals surface area contributed by atoms with Gasteiger partial charge in [-0.1, -0.05) is 6.07 Å². The fourth-order valence-corrected chi connectivity index (χ4v) is 3.15. The maximum Gasteiger partial charge on any atom is 0.340 e. The normalized spacial score (nSPS) is 11.6. The van der Waals surface area contributed by atoms with Crippen molar-refractivity contribution in [3.05, 3.63) is 42.2 Å². The number of methoxy groups -OCH3 is 1. The highest BCUT2D eigenvalue weighted by Crippen LogP contribution is 2.25. The maximum atomic E-state index is 12.4. The van der Waals surface area contributed by atoms with E-state index in [1.165, 1.54) is 25.4 Å². The van der Waals surface area contributed by atoms with Crippen LogP contribution in [0.3, 0.4) is 0 Å². The van der Waals surface area contributed by atoms with Gasteiger partial charge in [0.2, 0.25) is 0 Å². The second-order valence-electron chi connectivity index (χ2n) is 4.97. The largest absolute Gasteiger partial charge is 0.497 e. The Morgan fingerprint density at radius 2 is 1.91 bits per heavy atom. The van der Waals surface area contributed by atoms with Gasteiger partial charge in [-0.2, -0.15) is 13.5 Å². The smallest absolute Gasteiger partial charge is 0.340 e. The second-order valence-corrected chi connectivity index (χ2v) is 6.51. The molecular formula is C15H15N3O4S. The van der Waals surface area contributed by atoms with E-state index in [1.807, 2.05) is 0 Å². The van der Waals surface area contributed by atoms with Crippen LogP contribution in [0.2, 0.25) is 0 Å². The summed E-state index contributed by atoms with van der Waals surface area (Å²) in [5.74, 6) is 0.682. The number of rotatable bonds is 4. The van der Waals surface area contributed by atoms with Crippen LogP contribution < -0.4 is 8.92 Å². The lowest BCUT2D eigenvalue weighted by Gasteiger charge is -2.08. The van der Waals surface area contributed by atoms with Crippen molar-refractivity contribution < 1.29 is 17.3 Å². The number of aromatic nitrogens is 3. The molecular weight excluding hydrogens is 318 g/mol. The number of benzene rings is 1. The van der Waals surface area contributed by atoms with Crippen molar-refractivity contribution in [1.82, 2.24) is 14.8 Å². The van der Waals surface area contributed by atoms with Crippen molar-refractivity contribution in [2.24, 2.45) is 7.05 Å². The lowest BCUT2D eigenvalue weighted by Crippen LogP contribution is -2.10. The van der Waals surface area contributed by atoms with E-state index >= 15 is 0 Å². The highest BCUT2D eigenvalue weighted by molar-refractivity contribution is 7.87. The number of hydrogen-bond donors (Lipinski definition) is 0. The van der Waals surface area contributed by atoms with Crippen LogP contribution in [0.4, 0.5) is 0 Å². The van der Waals surface area contributed by atoms with Crippen LogP contribution in [-0.2, 0) is 17.2 Å². The number of ether oxygens (including phenoxy) is 1. The van der Waals surface area contributed by atoms with Gasteiger partial charge in [0.1, 0.15) is 16.4 Å². The molecule has 2 aromatic heterocycles. The summed E-state index contributed by atoms with van der Waals surface area (Å²) in [6, 6.07) is 7.91. The quantitative estimate of drug-likeness (QED) is 0.680. The van der Waals surface area contributed by atoms with E-state index in [0.29, 0.717) is 22.5 Å². The first-order valence-electron chi connectivity index (χ1n) is 6.78. The van der Waals surface area contributed by atoms with Crippen molar-refractivity contribution in [2.45, 2.75) is 11.8 Å². The minimum absolute atomic E-state index is 0.0241. The first kappa shape index (κ1) is 15.3. The Hall–Kier alpha value is -2.61. The van der Waals surface area contributed by atoms with Gasteiger partial charge in [0.05, 0.1) is 19.0 Å². The summed E-state index contributed by atoms with van der Waals surface area (Å²) in [6.45, 7) is 1.79. The molecule has 0 atom stereocenters. The van der Waals surface area contributed by atoms with Gasteiger partial charge in [-0.3, -0.25) is 4.68 Å². The molecule has 0 aliphatic heterocycles. The van der Waals surface area contributed by atoms with E-state index in [9.17, 15) is 8.42 Å². The molecule has 0 aliphatic carbocycles. The monoisotopic (exact) mass is 333 g/mol. The molecule has 0 spiro atoms. The summed E-state index contributed by atoms with van der Waals surface area (Å²) in [5, 5.41) is 4.89. The number of hydrogen-bond acceptors (Lipinski definition) is 6. The van der Waals surface area contributed by atoms with Gasteiger partial charge in [-0.15, -0.1) is 0 Å². The molecule has 0 bridgehead atoms. The molecule has 0 radical (unpaired) electrons. The average molecular weight is 333 g/mol. The van der Waals surface area contributed by atoms with Gasteiger partial charge in [0.15, 0.2) is 5.65 Å². The van der Waals surface area contributed by atoms with Gasteiger partial charge in [0, 0.05) is 18.5 Å². The van der Waals surface area contributed by atoms with E-state index in [0.717, 1.165) is 0 Å². The lowest BCUT2D eigenvalue weighted by molar-refractivity contribution is 0.411. The summed E-state index contributed by atoms with van der Waals surface area (Å²) in [4.78, 5) is 4.14. The van der Waals surface area contributed by atoms with Crippen LogP contribution in [0.1, 0.15) is 5.69 Å². The summed E-state index contributed by atoms with van der Waals surface area (Å²) in [7, 11) is -0.742. The van der Waals surface area contributed by atoms with Crippen LogP contribution in [0.15, 0.2) is 41.4 Å². The molecule has 0 amide bonds. The summed E-state index contributed by atoms with van der Waals surface area (Å²) < 4.78 is 36.7. The first-order valence-corrected chi connectivity index (χ1v) is 8.19. The third-order valence-electron chi connectivity index (χ3n) is 3.37. The zero-order valence-corrected chi connectivity index (χ0v) is 13.7. The van der Waals surface area contributed by atoms with E-state index < -0.39 is 10.1 Å². The Labute approximate surface area is 133 Å². The summed E-state index contributed by atoms with van der Waals surface area (Å²) >= 11 is 0. The van der Waals surface area contributed by atoms with Crippen LogP contribution in [0.5, 0.6) is 11.5 Å². The Bertz CT molecular complexity index is 980. The van der Waals surface area contributed by atoms with Crippen molar-refractivity contribution in [3.8, 4) is 11.5 Å². The molecule has 0 unspecified atom stereocenters. The Kier molecular flexibility index (Phi) is 3.69. The molecule has 0 saturated carbocycles. The fraction of sp³-hybridized carbons (Fsp3) is 0.200. The molecule has 2 heterocycles. The van der Waals surface area contributed by atoms with Gasteiger partial charge in [-0.05, 0) is 25.1 Å². The zero-order valence-electron chi connectivity index (χ0n) is 12.8. The first-order chi connectivity index (χ1) is 10.9. The third-order valence-corrected chi connectivity index (χ3v) is 4.59. The van der Waals surface area contributed by atoms with Gasteiger partial charge >= 0.3 is 10.1 Å². The number of aryl methyl sites for hydroxylation is 2. The number of pyridine rings is 1. The lowest BCUT2D eigenvalue weighted by atomic mass is 10.3. The summed E-state index contributed by atoms with van der Waals surface area (Å²) in [5.41, 5.74) is 1.32. The molecule has 0 aliphatic rings. The molecule has 3 rings (SSSR count). The van der Waals surface area contributed by atoms with Gasteiger partial charge in [0.25, 0.3) is 0 Å². The number of fused-ring (bicyclic) bond motifs is 1. The van der Waals surface area contributed by atoms with E-state index in [4.69, 9.17) is 8.92 Å². The molecule has 1 aromatic carbocycles. The van der Waals surface area contributed by atoms with Crippen LogP contribution in [-0.4, -0.2) is 30.3 Å². The van der Waals surface area contributed by atoms with E-state index in [-0.39, 0.29) is 10.6 Å². The molecule has 8 heteroatoms. The molecule has 7 nitrogen and oxygen atoms in total. The fourth-order valence-electron chi connectivity index (χ4n) is 2.25. The average Bonchev–Trinajstić information content (AvgIpc) is 2.81. The minimum Gasteiger partial charge on any atom is -0.497 e. The van der Waals surface area contributed by atoms with E-state index in [1.54, 1.807) is 36.9 Å². The second kappa shape index (κ2) is 5.54. The van der Waals surface area contributed by atoms with Gasteiger partial charge in [-0.25, -0.2) is 4.98 Å². The Morgan fingerprint density at radius 3 is 2.65 bits per heavy atom. The van der Waals surface area contributed by atoms with Gasteiger partial charge < -0.3 is 8.92 Å². The van der Waals surface area contributed by atoms with Crippen molar-refractivity contribution in [1.29, 1.82) is 0 Å². The molecule has 0 saturated heterocycles. The Morgan fingerprint density at radius 1 is 1.17 bits per heavy atom. The highest BCUT2D eigenvalue weighted by Gasteiger charge is 2.20. The Balaban J connectivity index is 2.00. The van der Waals surface area contributed by atoms with Crippen molar-refractivity contribution >= 4 is 21.2 Å². The maximum absolute atomic E-state index is 12.4. The molecule has 23 heavy (non-hydrogen) atoms. The molecule has 120 valence electrons. The van der Waals surface area contributed by atoms with Crippen molar-refractivity contribution in [3.63, 3.8) is 0 Å². The zero-order chi connectivity index (χ0) is 16.6. The standard InChI is InChI=1S/C15H15N3O4S/c1-10-14-8-13(9-16-15(14)18(2)17-10)23(19,20)22-12-6-4-5-11(7-12)21-3/h4-9H,1-3H3. The SMILES string of the molecule is COc1cccc(OS(=O)(=O)c2cnc3c(c2)c(C)nn3C)c1. The molecule has 0 N–H and O–H groups in total. The summed E-state index contributed by atoms with van der Waals surface area (Å²) in [6.07, 6.45) is 1.26. The highest BCUT2D eigenvalue weighted by atomic mass is 32.2. The van der Waals surface area contributed by atoms with Crippen molar-refractivity contribution in [2.75, 3.05) is 7.11 Å². The van der Waals surface area contributed by atoms with Crippen LogP contribution >= 0.6 is 0 Å². The van der Waals surface area contributed by atoms with E-state index in [2.05, 4.69) is 10.1 Å². The molecule has 3 aromatic rings. The van der Waals surface area contributed by atoms with Crippen LogP contribution in [0.25, 0.3) is 11.0 Å². The third kappa shape index (κ3) is 2.85. The number of nitrogens with zero attached hydrogens (tertiary/aromatic N) is 3. The predicted molar refractivity (Wildman–Crippen MR) is 84.1 cm³/mol. The minimum atomic E-state index is -3.99. The topological polar surface area (TPSA) is 83.3 Å². The predicted octanol–water partition coefficient (Wildman–Crippen LogP) is 2.05.